The Morgan fingerprint density at radius 3 is 2.52 bits per heavy atom. The zero-order valence-electron chi connectivity index (χ0n) is 16.0. The molecule has 1 N–H and O–H groups in total. The minimum atomic E-state index is -0.327. The van der Waals surface area contributed by atoms with E-state index in [9.17, 15) is 5.11 Å². The molecular weight excluding hydrogens is 332 g/mol. The van der Waals surface area contributed by atoms with E-state index in [1.165, 1.54) is 44.3 Å². The molecule has 5 rings (SSSR count). The second-order valence-corrected chi connectivity index (χ2v) is 12.6. The van der Waals surface area contributed by atoms with Crippen molar-refractivity contribution >= 4 is 10.9 Å². The van der Waals surface area contributed by atoms with E-state index in [-0.39, 0.29) is 22.8 Å². The molecule has 3 nitrogen and oxygen atoms in total. The van der Waals surface area contributed by atoms with Gasteiger partial charge in [-0.25, -0.2) is 10.9 Å². The number of ether oxygens (including phenoxy) is 2. The van der Waals surface area contributed by atoms with E-state index in [0.29, 0.717) is 11.3 Å². The molecule has 2 saturated carbocycles. The SMILES string of the molecule is CC1([C@H]2CCC3C4CC[SH]5CC(O)CC[C@@H]5C4CC[C@@]32C)OCCO1. The maximum atomic E-state index is 10.1. The number of aliphatic hydroxyl groups is 1. The molecule has 4 heteroatoms. The predicted octanol–water partition coefficient (Wildman–Crippen LogP) is 3.74. The van der Waals surface area contributed by atoms with Crippen molar-refractivity contribution in [3.8, 4) is 0 Å². The first kappa shape index (κ1) is 17.3. The van der Waals surface area contributed by atoms with Crippen LogP contribution in [0.3, 0.4) is 0 Å². The lowest BCUT2D eigenvalue weighted by molar-refractivity contribution is -0.212. The summed E-state index contributed by atoms with van der Waals surface area (Å²) in [5.74, 6) is 5.60. The number of hydrogen-bond acceptors (Lipinski definition) is 3. The fourth-order valence-electron chi connectivity index (χ4n) is 7.90. The molecule has 0 radical (unpaired) electrons. The Hall–Kier alpha value is 0.230. The number of aliphatic hydroxyl groups excluding tert-OH is 1. The van der Waals surface area contributed by atoms with Gasteiger partial charge in [0.15, 0.2) is 5.79 Å². The van der Waals surface area contributed by atoms with E-state index in [4.69, 9.17) is 9.47 Å². The largest absolute Gasteiger partial charge is 0.392 e. The number of hydrogen-bond donors (Lipinski definition) is 2. The zero-order chi connectivity index (χ0) is 17.2. The first-order valence-electron chi connectivity index (χ1n) is 10.7. The molecule has 0 amide bonds. The van der Waals surface area contributed by atoms with Gasteiger partial charge in [0, 0.05) is 11.7 Å². The Kier molecular flexibility index (Phi) is 4.24. The highest BCUT2D eigenvalue weighted by atomic mass is 32.2. The molecule has 0 aromatic heterocycles. The summed E-state index contributed by atoms with van der Waals surface area (Å²) < 4.78 is 12.3. The molecule has 5 unspecified atom stereocenters. The molecule has 2 aliphatic carbocycles. The van der Waals surface area contributed by atoms with Crippen LogP contribution >= 0.6 is 10.9 Å². The molecule has 8 atom stereocenters. The summed E-state index contributed by atoms with van der Waals surface area (Å²) in [5, 5.41) is 11.1. The van der Waals surface area contributed by atoms with E-state index < -0.39 is 0 Å². The normalized spacial score (nSPS) is 56.0. The third-order valence-corrected chi connectivity index (χ3v) is 12.2. The lowest BCUT2D eigenvalue weighted by Crippen LogP contribution is -2.52. The average Bonchev–Trinajstić information content (AvgIpc) is 3.18. The Bertz CT molecular complexity index is 519. The fraction of sp³-hybridized carbons (Fsp3) is 1.00. The lowest BCUT2D eigenvalue weighted by Gasteiger charge is -2.58. The molecule has 25 heavy (non-hydrogen) atoms. The standard InChI is InChI=1S/C21H36O3S/c1-20-9-7-16-15(8-12-25-13-14(22)3-5-18(16)25)17(20)4-6-19(20)21(2)23-10-11-24-21/h14-19,22,25H,3-13H2,1-2H3/t14?,15?,16?,17?,18-,19+,20+/m1/s1. The smallest absolute Gasteiger partial charge is 0.169 e. The van der Waals surface area contributed by atoms with Crippen molar-refractivity contribution < 1.29 is 14.6 Å². The topological polar surface area (TPSA) is 38.7 Å². The van der Waals surface area contributed by atoms with Crippen molar-refractivity contribution in [3.05, 3.63) is 0 Å². The van der Waals surface area contributed by atoms with Crippen LogP contribution in [0, 0.1) is 29.1 Å². The van der Waals surface area contributed by atoms with Crippen LogP contribution in [-0.2, 0) is 9.47 Å². The van der Waals surface area contributed by atoms with Gasteiger partial charge in [0.05, 0.1) is 19.3 Å². The van der Waals surface area contributed by atoms with Crippen molar-refractivity contribution in [1.29, 1.82) is 0 Å². The molecule has 5 aliphatic rings. The van der Waals surface area contributed by atoms with Gasteiger partial charge in [-0.15, -0.1) is 0 Å². The summed E-state index contributed by atoms with van der Waals surface area (Å²) in [5.41, 5.74) is 0.411. The third kappa shape index (κ3) is 2.57. The van der Waals surface area contributed by atoms with Crippen LogP contribution in [0.2, 0.25) is 0 Å². The van der Waals surface area contributed by atoms with E-state index in [2.05, 4.69) is 13.8 Å². The maximum absolute atomic E-state index is 10.1. The summed E-state index contributed by atoms with van der Waals surface area (Å²) in [7, 11) is 0.107. The van der Waals surface area contributed by atoms with Gasteiger partial charge in [-0.3, -0.25) is 0 Å². The summed E-state index contributed by atoms with van der Waals surface area (Å²) in [4.78, 5) is 0. The molecule has 0 spiro atoms. The summed E-state index contributed by atoms with van der Waals surface area (Å²) >= 11 is 0. The van der Waals surface area contributed by atoms with Crippen LogP contribution in [0.25, 0.3) is 0 Å². The number of thiol groups is 1. The monoisotopic (exact) mass is 368 g/mol. The lowest BCUT2D eigenvalue weighted by atomic mass is 9.55. The van der Waals surface area contributed by atoms with E-state index in [1.54, 1.807) is 0 Å². The molecule has 0 bridgehead atoms. The Morgan fingerprint density at radius 1 is 0.920 bits per heavy atom. The molecule has 144 valence electrons. The van der Waals surface area contributed by atoms with Crippen LogP contribution in [0.5, 0.6) is 0 Å². The van der Waals surface area contributed by atoms with Gasteiger partial charge in [0.1, 0.15) is 0 Å². The van der Waals surface area contributed by atoms with Gasteiger partial charge >= 0.3 is 0 Å². The molecule has 0 aromatic rings. The van der Waals surface area contributed by atoms with Crippen LogP contribution in [0.1, 0.15) is 58.8 Å². The highest BCUT2D eigenvalue weighted by molar-refractivity contribution is 8.17. The molecule has 3 saturated heterocycles. The first-order chi connectivity index (χ1) is 12.0. The fourth-order valence-corrected chi connectivity index (χ4v) is 11.5. The first-order valence-corrected chi connectivity index (χ1v) is 12.5. The summed E-state index contributed by atoms with van der Waals surface area (Å²) in [6.07, 6.45) is 9.29. The van der Waals surface area contributed by atoms with Crippen molar-refractivity contribution in [2.75, 3.05) is 24.7 Å². The summed E-state index contributed by atoms with van der Waals surface area (Å²) in [6.45, 7) is 6.33. The third-order valence-electron chi connectivity index (χ3n) is 8.94. The second kappa shape index (κ2) is 6.12. The van der Waals surface area contributed by atoms with E-state index in [1.807, 2.05) is 0 Å². The molecule has 0 aromatic carbocycles. The van der Waals surface area contributed by atoms with Crippen LogP contribution < -0.4 is 0 Å². The molecular formula is C21H36O3S. The Balaban J connectivity index is 1.38. The van der Waals surface area contributed by atoms with E-state index >= 15 is 0 Å². The average molecular weight is 369 g/mol. The number of fused-ring (bicyclic) bond motifs is 5. The van der Waals surface area contributed by atoms with Gasteiger partial charge in [-0.1, -0.05) is 6.92 Å². The van der Waals surface area contributed by atoms with Gasteiger partial charge in [-0.05, 0) is 86.0 Å². The van der Waals surface area contributed by atoms with Crippen LogP contribution in [-0.4, -0.2) is 47.0 Å². The van der Waals surface area contributed by atoms with Crippen LogP contribution in [0.4, 0.5) is 0 Å². The van der Waals surface area contributed by atoms with Gasteiger partial charge < -0.3 is 14.6 Å². The number of rotatable bonds is 1. The second-order valence-electron chi connectivity index (χ2n) is 9.90. The predicted molar refractivity (Wildman–Crippen MR) is 103 cm³/mol. The minimum absolute atomic E-state index is 0.0141. The molecule has 3 heterocycles. The van der Waals surface area contributed by atoms with Crippen molar-refractivity contribution in [2.45, 2.75) is 75.9 Å². The Morgan fingerprint density at radius 2 is 1.72 bits per heavy atom. The molecule has 3 aliphatic heterocycles. The molecule has 5 fully saturated rings. The highest BCUT2D eigenvalue weighted by Gasteiger charge is 2.61. The zero-order valence-corrected chi connectivity index (χ0v) is 16.8. The van der Waals surface area contributed by atoms with Crippen LogP contribution in [0.15, 0.2) is 0 Å². The quantitative estimate of drug-likeness (QED) is 0.693. The van der Waals surface area contributed by atoms with Gasteiger partial charge in [-0.2, -0.15) is 0 Å². The maximum Gasteiger partial charge on any atom is 0.169 e. The van der Waals surface area contributed by atoms with E-state index in [0.717, 1.165) is 48.4 Å². The summed E-state index contributed by atoms with van der Waals surface area (Å²) in [6, 6.07) is 0. The Labute approximate surface area is 155 Å². The van der Waals surface area contributed by atoms with Crippen molar-refractivity contribution in [2.24, 2.45) is 29.1 Å². The van der Waals surface area contributed by atoms with Gasteiger partial charge in [0.2, 0.25) is 0 Å². The van der Waals surface area contributed by atoms with Crippen molar-refractivity contribution in [3.63, 3.8) is 0 Å². The van der Waals surface area contributed by atoms with Gasteiger partial charge in [0.25, 0.3) is 0 Å². The van der Waals surface area contributed by atoms with Crippen molar-refractivity contribution in [1.82, 2.24) is 0 Å². The highest BCUT2D eigenvalue weighted by Crippen LogP contribution is 2.67. The minimum Gasteiger partial charge on any atom is -0.392 e.